The first kappa shape index (κ1) is 31.7. The van der Waals surface area contributed by atoms with E-state index in [-0.39, 0.29) is 5.78 Å². The quantitative estimate of drug-likeness (QED) is 0.298. The summed E-state index contributed by atoms with van der Waals surface area (Å²) < 4.78 is 0. The van der Waals surface area contributed by atoms with E-state index in [1.165, 1.54) is 6.42 Å². The second-order valence-corrected chi connectivity index (χ2v) is 8.65. The van der Waals surface area contributed by atoms with Crippen LogP contribution in [0.15, 0.2) is 30.3 Å². The van der Waals surface area contributed by atoms with Gasteiger partial charge in [0.1, 0.15) is 0 Å². The van der Waals surface area contributed by atoms with Crippen LogP contribution in [0.5, 0.6) is 0 Å². The fourth-order valence-electron chi connectivity index (χ4n) is 0.673. The lowest BCUT2D eigenvalue weighted by Crippen LogP contribution is -1.88. The number of benzene rings is 1. The van der Waals surface area contributed by atoms with Crippen LogP contribution in [0.2, 0.25) is 0 Å². The molecule has 1 rings (SSSR count). The van der Waals surface area contributed by atoms with E-state index in [4.69, 9.17) is 29.4 Å². The summed E-state index contributed by atoms with van der Waals surface area (Å²) in [5, 5.41) is 0. The molecule has 0 bridgehead atoms. The van der Waals surface area contributed by atoms with E-state index >= 15 is 0 Å². The van der Waals surface area contributed by atoms with Crippen LogP contribution < -0.4 is 0 Å². The van der Waals surface area contributed by atoms with Crippen LogP contribution in [0, 0.1) is 0 Å². The number of carbonyl (C=O) groups is 1. The third kappa shape index (κ3) is 67.5. The lowest BCUT2D eigenvalue weighted by atomic mass is 10.2. The van der Waals surface area contributed by atoms with Gasteiger partial charge in [0.15, 0.2) is 5.78 Å². The van der Waals surface area contributed by atoms with Gasteiger partial charge in [-0.15, -0.1) is 0 Å². The number of carbonyl (C=O) groups excluding carboxylic acids is 1. The maximum atomic E-state index is 10.6. The van der Waals surface area contributed by atoms with Gasteiger partial charge in [-0.2, -0.15) is 0 Å². The highest BCUT2D eigenvalue weighted by Crippen LogP contribution is 2.26. The standard InChI is InChI=1S/C8H8O.C3H8.C2H6.2H3O3PS/c1-7(9)8-5-3-2-4-6-8;1-3-2;1-2;2*1-4(2,3)5/h2-6H,1H3;3H2,1-2H3;1-2H3;2*(H3,1,2,3,5). The molecule has 0 aliphatic rings. The second kappa shape index (κ2) is 19.3. The summed E-state index contributed by atoms with van der Waals surface area (Å²) in [7, 11) is 0. The molecule has 0 aliphatic heterocycles. The van der Waals surface area contributed by atoms with Gasteiger partial charge in [0.2, 0.25) is 0 Å². The van der Waals surface area contributed by atoms with Crippen LogP contribution in [-0.4, -0.2) is 35.1 Å². The molecular formula is C13H28O7P2S2. The van der Waals surface area contributed by atoms with Crippen molar-refractivity contribution in [3.63, 3.8) is 0 Å². The van der Waals surface area contributed by atoms with E-state index in [2.05, 4.69) is 37.5 Å². The van der Waals surface area contributed by atoms with Gasteiger partial charge in [-0.05, 0) is 30.5 Å². The topological polar surface area (TPSA) is 138 Å². The van der Waals surface area contributed by atoms with E-state index in [1.54, 1.807) is 6.92 Å². The van der Waals surface area contributed by atoms with E-state index in [1.807, 2.05) is 44.2 Å². The SMILES string of the molecule is CC.CC(=O)c1ccccc1.CCC.OP(O)(O)=S.OP(O)(O)=S. The van der Waals surface area contributed by atoms with Gasteiger partial charge in [0.05, 0.1) is 0 Å². The molecule has 0 heterocycles. The fourth-order valence-corrected chi connectivity index (χ4v) is 0.673. The van der Waals surface area contributed by atoms with Crippen molar-refractivity contribution in [3.05, 3.63) is 35.9 Å². The third-order valence-electron chi connectivity index (χ3n) is 1.18. The Morgan fingerprint density at radius 2 is 1.08 bits per heavy atom. The van der Waals surface area contributed by atoms with Crippen molar-refractivity contribution in [2.24, 2.45) is 0 Å². The summed E-state index contributed by atoms with van der Waals surface area (Å²) in [4.78, 5) is 56.0. The van der Waals surface area contributed by atoms with Crippen LogP contribution in [0.3, 0.4) is 0 Å². The predicted octanol–water partition coefficient (Wildman–Crippen LogP) is 2.71. The molecule has 0 unspecified atom stereocenters. The van der Waals surface area contributed by atoms with Gasteiger partial charge in [-0.25, -0.2) is 0 Å². The highest BCUT2D eigenvalue weighted by Gasteiger charge is 1.93. The smallest absolute Gasteiger partial charge is 0.319 e. The van der Waals surface area contributed by atoms with Crippen LogP contribution in [0.1, 0.15) is 51.4 Å². The zero-order valence-electron chi connectivity index (χ0n) is 14.4. The Hall–Kier alpha value is -0.0500. The molecular weight excluding hydrogens is 394 g/mol. The molecule has 0 spiro atoms. The molecule has 1 aromatic rings. The number of hydrogen-bond acceptors (Lipinski definition) is 3. The number of Topliss-reactive ketones (excluding diaryl/α,β-unsaturated/α-hetero) is 1. The van der Waals surface area contributed by atoms with Crippen molar-refractivity contribution in [3.8, 4) is 0 Å². The van der Waals surface area contributed by atoms with Crippen LogP contribution >= 0.6 is 13.4 Å². The monoisotopic (exact) mass is 422 g/mol. The molecule has 0 aliphatic carbocycles. The van der Waals surface area contributed by atoms with Crippen molar-refractivity contribution < 1.29 is 34.2 Å². The zero-order chi connectivity index (χ0) is 20.4. The minimum absolute atomic E-state index is 0.121. The molecule has 0 amide bonds. The van der Waals surface area contributed by atoms with E-state index < -0.39 is 13.4 Å². The van der Waals surface area contributed by atoms with E-state index in [0.29, 0.717) is 0 Å². The van der Waals surface area contributed by atoms with Gasteiger partial charge in [0.25, 0.3) is 0 Å². The van der Waals surface area contributed by atoms with Crippen molar-refractivity contribution in [1.82, 2.24) is 0 Å². The molecule has 24 heavy (non-hydrogen) atoms. The average Bonchev–Trinajstić information content (AvgIpc) is 2.39. The molecule has 0 saturated carbocycles. The summed E-state index contributed by atoms with van der Waals surface area (Å²) in [6, 6.07) is 9.23. The number of rotatable bonds is 1. The van der Waals surface area contributed by atoms with Crippen LogP contribution in [0.25, 0.3) is 0 Å². The summed E-state index contributed by atoms with van der Waals surface area (Å²) >= 11 is 7.21. The molecule has 11 heteroatoms. The Kier molecular flexibility index (Phi) is 25.5. The van der Waals surface area contributed by atoms with Gasteiger partial charge < -0.3 is 29.4 Å². The lowest BCUT2D eigenvalue weighted by molar-refractivity contribution is 0.101. The first-order valence-electron chi connectivity index (χ1n) is 6.84. The van der Waals surface area contributed by atoms with Crippen LogP contribution in [0.4, 0.5) is 0 Å². The molecule has 0 fully saturated rings. The Morgan fingerprint density at radius 3 is 1.21 bits per heavy atom. The average molecular weight is 422 g/mol. The van der Waals surface area contributed by atoms with Crippen molar-refractivity contribution in [2.45, 2.75) is 41.0 Å². The minimum Gasteiger partial charge on any atom is -0.325 e. The molecule has 0 aromatic heterocycles. The highest BCUT2D eigenvalue weighted by atomic mass is 32.5. The largest absolute Gasteiger partial charge is 0.325 e. The molecule has 1 aromatic carbocycles. The van der Waals surface area contributed by atoms with Crippen molar-refractivity contribution >= 4 is 42.8 Å². The lowest BCUT2D eigenvalue weighted by Gasteiger charge is -1.89. The van der Waals surface area contributed by atoms with Crippen LogP contribution in [-0.2, 0) is 23.6 Å². The van der Waals surface area contributed by atoms with Crippen molar-refractivity contribution in [1.29, 1.82) is 0 Å². The Bertz CT molecular complexity index is 450. The molecule has 0 atom stereocenters. The number of hydrogen-bond donors (Lipinski definition) is 6. The fraction of sp³-hybridized carbons (Fsp3) is 0.462. The van der Waals surface area contributed by atoms with Crippen molar-refractivity contribution in [2.75, 3.05) is 0 Å². The van der Waals surface area contributed by atoms with Gasteiger partial charge in [0, 0.05) is 5.56 Å². The molecule has 6 N–H and O–H groups in total. The Labute approximate surface area is 154 Å². The Morgan fingerprint density at radius 1 is 0.875 bits per heavy atom. The Balaban J connectivity index is -0.000000116. The summed E-state index contributed by atoms with van der Waals surface area (Å²) in [5.41, 5.74) is 0.775. The van der Waals surface area contributed by atoms with Gasteiger partial charge in [-0.1, -0.05) is 64.4 Å². The first-order valence-corrected chi connectivity index (χ1v) is 12.2. The summed E-state index contributed by atoms with van der Waals surface area (Å²) in [6.07, 6.45) is 1.25. The number of ketones is 1. The third-order valence-corrected chi connectivity index (χ3v) is 1.18. The summed E-state index contributed by atoms with van der Waals surface area (Å²) in [6.45, 7) is 2.20. The zero-order valence-corrected chi connectivity index (χ0v) is 17.8. The maximum absolute atomic E-state index is 10.6. The highest BCUT2D eigenvalue weighted by molar-refractivity contribution is 8.06. The van der Waals surface area contributed by atoms with Gasteiger partial charge in [-0.3, -0.25) is 4.79 Å². The normalized spacial score (nSPS) is 9.29. The van der Waals surface area contributed by atoms with E-state index in [0.717, 1.165) is 5.56 Å². The predicted molar refractivity (Wildman–Crippen MR) is 106 cm³/mol. The molecule has 0 saturated heterocycles. The van der Waals surface area contributed by atoms with E-state index in [9.17, 15) is 4.79 Å². The molecule has 7 nitrogen and oxygen atoms in total. The molecule has 0 radical (unpaired) electrons. The summed E-state index contributed by atoms with van der Waals surface area (Å²) in [5.74, 6) is 0.121. The second-order valence-electron chi connectivity index (χ2n) is 3.66. The van der Waals surface area contributed by atoms with Gasteiger partial charge >= 0.3 is 13.4 Å². The maximum Gasteiger partial charge on any atom is 0.319 e. The first-order chi connectivity index (χ1) is 10.7. The minimum atomic E-state index is -3.81. The molecule has 144 valence electrons.